The monoisotopic (exact) mass is 391 g/mol. The van der Waals surface area contributed by atoms with E-state index < -0.39 is 14.9 Å². The smallest absolute Gasteiger partial charge is 0.0999 e. The van der Waals surface area contributed by atoms with Crippen molar-refractivity contribution in [3.05, 3.63) is 12.2 Å². The summed E-state index contributed by atoms with van der Waals surface area (Å²) in [5.74, 6) is 0. The summed E-state index contributed by atoms with van der Waals surface area (Å²) in [5, 5.41) is 0. The van der Waals surface area contributed by atoms with Crippen molar-refractivity contribution in [2.45, 2.75) is 122 Å². The van der Waals surface area contributed by atoms with Crippen molar-refractivity contribution in [3.63, 3.8) is 0 Å². The van der Waals surface area contributed by atoms with Crippen LogP contribution in [-0.2, 0) is 10.1 Å². The lowest BCUT2D eigenvalue weighted by molar-refractivity contribution is 0.408. The number of rotatable bonds is 17. The first-order chi connectivity index (χ1) is 11.8. The summed E-state index contributed by atoms with van der Waals surface area (Å²) in [6, 6.07) is 0. The number of allylic oxidation sites excluding steroid dienone is 2. The van der Waals surface area contributed by atoms with Crippen LogP contribution in [0.25, 0.3) is 0 Å². The molecule has 0 aromatic heterocycles. The average Bonchev–Trinajstić information content (AvgIpc) is 2.53. The largest absolute Gasteiger partial charge is 0.748 e. The summed E-state index contributed by atoms with van der Waals surface area (Å²) in [5.41, 5.74) is 0. The Kier molecular flexibility index (Phi) is 17.9. The average molecular weight is 392 g/mol. The first kappa shape index (κ1) is 27.8. The van der Waals surface area contributed by atoms with E-state index in [0.29, 0.717) is 6.42 Å². The van der Waals surface area contributed by atoms with Crippen molar-refractivity contribution in [1.29, 1.82) is 0 Å². The normalized spacial score (nSPS) is 12.5. The molecule has 0 aromatic carbocycles. The lowest BCUT2D eigenvalue weighted by Gasteiger charge is -2.27. The van der Waals surface area contributed by atoms with Crippen LogP contribution in [0.2, 0.25) is 0 Å². The maximum Gasteiger partial charge on any atom is 0.0999 e. The van der Waals surface area contributed by atoms with E-state index in [9.17, 15) is 13.0 Å². The molecule has 0 heterocycles. The Morgan fingerprint density at radius 1 is 0.731 bits per heavy atom. The highest BCUT2D eigenvalue weighted by atomic mass is 32.2. The molecule has 0 atom stereocenters. The molecular formula is C21H45NO3S. The van der Waals surface area contributed by atoms with Gasteiger partial charge in [0, 0.05) is 0 Å². The molecule has 0 radical (unpaired) electrons. The quantitative estimate of drug-likeness (QED) is 0.162. The Balaban J connectivity index is 0. The van der Waals surface area contributed by atoms with Gasteiger partial charge in [0.15, 0.2) is 0 Å². The molecule has 26 heavy (non-hydrogen) atoms. The second-order valence-electron chi connectivity index (χ2n) is 7.90. The Bertz CT molecular complexity index is 431. The first-order valence-electron chi connectivity index (χ1n) is 10.4. The van der Waals surface area contributed by atoms with Crippen molar-refractivity contribution in [2.75, 3.05) is 0 Å². The fourth-order valence-corrected chi connectivity index (χ4v) is 3.32. The minimum absolute atomic E-state index is 0. The molecule has 158 valence electrons. The molecule has 0 saturated carbocycles. The summed E-state index contributed by atoms with van der Waals surface area (Å²) in [7, 11) is -4.18. The van der Waals surface area contributed by atoms with Gasteiger partial charge < -0.3 is 10.7 Å². The molecule has 0 fully saturated rings. The number of hydrogen-bond acceptors (Lipinski definition) is 3. The summed E-state index contributed by atoms with van der Waals surface area (Å²) in [4.78, 5) is 0. The lowest BCUT2D eigenvalue weighted by atomic mass is 10.0. The van der Waals surface area contributed by atoms with Crippen LogP contribution < -0.4 is 6.15 Å². The van der Waals surface area contributed by atoms with Gasteiger partial charge in [0.05, 0.1) is 14.9 Å². The van der Waals surface area contributed by atoms with Crippen LogP contribution in [0.3, 0.4) is 0 Å². The third kappa shape index (κ3) is 15.8. The van der Waals surface area contributed by atoms with Gasteiger partial charge in [-0.15, -0.1) is 0 Å². The highest BCUT2D eigenvalue weighted by molar-refractivity contribution is 7.87. The van der Waals surface area contributed by atoms with Crippen molar-refractivity contribution >= 4 is 10.1 Å². The third-order valence-corrected chi connectivity index (χ3v) is 6.53. The van der Waals surface area contributed by atoms with Crippen molar-refractivity contribution < 1.29 is 13.0 Å². The van der Waals surface area contributed by atoms with Gasteiger partial charge in [-0.2, -0.15) is 0 Å². The molecule has 5 heteroatoms. The summed E-state index contributed by atoms with van der Waals surface area (Å²) < 4.78 is 32.1. The molecule has 0 aromatic rings. The van der Waals surface area contributed by atoms with Crippen LogP contribution in [0.4, 0.5) is 0 Å². The molecule has 0 saturated heterocycles. The SMILES string of the molecule is CCCCCCCC/C=C\CCCCCCCCC(C)(C)S(=O)(=O)[O-].[NH4+]. The second-order valence-corrected chi connectivity index (χ2v) is 9.92. The maximum atomic E-state index is 11.1. The van der Waals surface area contributed by atoms with E-state index in [0.717, 1.165) is 19.3 Å². The maximum absolute atomic E-state index is 11.1. The number of unbranched alkanes of at least 4 members (excludes halogenated alkanes) is 12. The summed E-state index contributed by atoms with van der Waals surface area (Å²) in [6.45, 7) is 5.32. The molecule has 0 unspecified atom stereocenters. The zero-order valence-corrected chi connectivity index (χ0v) is 18.7. The van der Waals surface area contributed by atoms with E-state index in [1.165, 1.54) is 84.5 Å². The standard InChI is InChI=1S/C21H42O3S.H3N/c1-4-5-6-7-8-9-10-11-12-13-14-15-16-17-18-19-20-21(2,3)25(22,23)24;/h11-12H,4-10,13-20H2,1-3H3,(H,22,23,24);1H3/b12-11-;. The highest BCUT2D eigenvalue weighted by Gasteiger charge is 2.24. The van der Waals surface area contributed by atoms with Crippen molar-refractivity contribution in [2.24, 2.45) is 0 Å². The molecule has 4 N–H and O–H groups in total. The third-order valence-electron chi connectivity index (χ3n) is 4.97. The number of quaternary nitrogens is 1. The second kappa shape index (κ2) is 16.8. The molecule has 0 amide bonds. The molecule has 0 aliphatic heterocycles. The van der Waals surface area contributed by atoms with Gasteiger partial charge in [-0.1, -0.05) is 83.3 Å². The van der Waals surface area contributed by atoms with Gasteiger partial charge in [-0.25, -0.2) is 8.42 Å². The van der Waals surface area contributed by atoms with Crippen molar-refractivity contribution in [1.82, 2.24) is 6.15 Å². The zero-order valence-electron chi connectivity index (χ0n) is 17.9. The van der Waals surface area contributed by atoms with Gasteiger partial charge in [-0.05, 0) is 46.0 Å². The van der Waals surface area contributed by atoms with Gasteiger partial charge in [0.1, 0.15) is 0 Å². The lowest BCUT2D eigenvalue weighted by Crippen LogP contribution is -2.31. The van der Waals surface area contributed by atoms with Gasteiger partial charge in [-0.3, -0.25) is 0 Å². The Labute approximate surface area is 163 Å². The molecule has 0 rings (SSSR count). The van der Waals surface area contributed by atoms with Crippen LogP contribution in [0, 0.1) is 0 Å². The van der Waals surface area contributed by atoms with E-state index in [-0.39, 0.29) is 6.15 Å². The molecule has 0 aliphatic rings. The minimum Gasteiger partial charge on any atom is -0.748 e. The molecule has 0 spiro atoms. The Morgan fingerprint density at radius 3 is 1.54 bits per heavy atom. The fourth-order valence-electron chi connectivity index (χ4n) is 2.92. The number of hydrogen-bond donors (Lipinski definition) is 1. The van der Waals surface area contributed by atoms with Gasteiger partial charge >= 0.3 is 0 Å². The topological polar surface area (TPSA) is 93.7 Å². The van der Waals surface area contributed by atoms with Crippen LogP contribution in [-0.4, -0.2) is 17.7 Å². The molecule has 0 bridgehead atoms. The minimum atomic E-state index is -4.18. The van der Waals surface area contributed by atoms with E-state index in [1.807, 2.05) is 0 Å². The van der Waals surface area contributed by atoms with E-state index in [1.54, 1.807) is 0 Å². The van der Waals surface area contributed by atoms with Gasteiger partial charge in [0.25, 0.3) is 0 Å². The van der Waals surface area contributed by atoms with Crippen LogP contribution in [0.1, 0.15) is 117 Å². The molecule has 4 nitrogen and oxygen atoms in total. The summed E-state index contributed by atoms with van der Waals surface area (Å²) >= 11 is 0. The van der Waals surface area contributed by atoms with E-state index in [4.69, 9.17) is 0 Å². The highest BCUT2D eigenvalue weighted by Crippen LogP contribution is 2.23. The zero-order chi connectivity index (χ0) is 19.0. The predicted octanol–water partition coefficient (Wildman–Crippen LogP) is 7.11. The van der Waals surface area contributed by atoms with Crippen molar-refractivity contribution in [3.8, 4) is 0 Å². The molecule has 0 aliphatic carbocycles. The van der Waals surface area contributed by atoms with Gasteiger partial charge in [0.2, 0.25) is 0 Å². The molecular weight excluding hydrogens is 346 g/mol. The predicted molar refractivity (Wildman–Crippen MR) is 114 cm³/mol. The van der Waals surface area contributed by atoms with Crippen LogP contribution in [0.5, 0.6) is 0 Å². The first-order valence-corrected chi connectivity index (χ1v) is 11.8. The van der Waals surface area contributed by atoms with Crippen LogP contribution >= 0.6 is 0 Å². The fraction of sp³-hybridized carbons (Fsp3) is 0.905. The van der Waals surface area contributed by atoms with Crippen LogP contribution in [0.15, 0.2) is 12.2 Å². The summed E-state index contributed by atoms with van der Waals surface area (Å²) in [6.07, 6.45) is 22.4. The Hall–Kier alpha value is -0.390. The van der Waals surface area contributed by atoms with E-state index in [2.05, 4.69) is 19.1 Å². The van der Waals surface area contributed by atoms with E-state index >= 15 is 0 Å². The Morgan fingerprint density at radius 2 is 1.12 bits per heavy atom.